The molecule has 0 saturated carbocycles. The number of nitrogens with zero attached hydrogens (tertiary/aromatic N) is 2. The summed E-state index contributed by atoms with van der Waals surface area (Å²) in [7, 11) is 0. The summed E-state index contributed by atoms with van der Waals surface area (Å²) in [5, 5.41) is 3.37. The van der Waals surface area contributed by atoms with E-state index in [2.05, 4.69) is 42.3 Å². The van der Waals surface area contributed by atoms with Crippen LogP contribution in [-0.2, 0) is 6.54 Å². The lowest BCUT2D eigenvalue weighted by Crippen LogP contribution is -2.25. The minimum atomic E-state index is 0.936. The fourth-order valence-electron chi connectivity index (χ4n) is 2.94. The Labute approximate surface area is 123 Å². The zero-order chi connectivity index (χ0) is 14.2. The van der Waals surface area contributed by atoms with Gasteiger partial charge in [0.1, 0.15) is 5.82 Å². The number of aromatic nitrogens is 1. The third-order valence-electron chi connectivity index (χ3n) is 4.27. The van der Waals surface area contributed by atoms with Crippen LogP contribution in [0.3, 0.4) is 0 Å². The number of pyridine rings is 1. The molecule has 2 heterocycles. The molecule has 1 aliphatic heterocycles. The molecular formula is C17H29N3. The van der Waals surface area contributed by atoms with Crippen LogP contribution in [0, 0.1) is 5.92 Å². The van der Waals surface area contributed by atoms with Gasteiger partial charge in [0.05, 0.1) is 5.69 Å². The van der Waals surface area contributed by atoms with E-state index in [-0.39, 0.29) is 0 Å². The molecular weight excluding hydrogens is 246 g/mol. The summed E-state index contributed by atoms with van der Waals surface area (Å²) in [5.41, 5.74) is 1.20. The van der Waals surface area contributed by atoms with Crippen LogP contribution >= 0.6 is 0 Å². The van der Waals surface area contributed by atoms with Gasteiger partial charge in [-0.25, -0.2) is 4.98 Å². The smallest absolute Gasteiger partial charge is 0.126 e. The van der Waals surface area contributed by atoms with Crippen LogP contribution in [-0.4, -0.2) is 29.5 Å². The maximum atomic E-state index is 4.72. The van der Waals surface area contributed by atoms with Crippen LogP contribution in [0.4, 0.5) is 5.82 Å². The molecule has 20 heavy (non-hydrogen) atoms. The number of nitrogens with one attached hydrogen (secondary N) is 1. The summed E-state index contributed by atoms with van der Waals surface area (Å²) < 4.78 is 0. The van der Waals surface area contributed by atoms with Crippen molar-refractivity contribution in [3.63, 3.8) is 0 Å². The third-order valence-corrected chi connectivity index (χ3v) is 4.27. The van der Waals surface area contributed by atoms with Crippen LogP contribution in [0.1, 0.15) is 51.6 Å². The molecule has 3 nitrogen and oxygen atoms in total. The standard InChI is InChI=1S/C17H29N3/c1-3-11-18-17-9-5-8-16(19-17)14-20-12-6-7-15(4-2)10-13-20/h5,8-9,15H,3-4,6-7,10-14H2,1-2H3,(H,18,19). The number of likely N-dealkylation sites (tertiary alicyclic amines) is 1. The van der Waals surface area contributed by atoms with Crippen LogP contribution in [0.5, 0.6) is 0 Å². The average Bonchev–Trinajstić information content (AvgIpc) is 2.71. The van der Waals surface area contributed by atoms with Crippen LogP contribution in [0.2, 0.25) is 0 Å². The van der Waals surface area contributed by atoms with Crippen molar-refractivity contribution in [2.45, 2.75) is 52.5 Å². The highest BCUT2D eigenvalue weighted by Crippen LogP contribution is 2.21. The largest absolute Gasteiger partial charge is 0.370 e. The Morgan fingerprint density at radius 3 is 2.95 bits per heavy atom. The Bertz CT molecular complexity index is 392. The summed E-state index contributed by atoms with van der Waals surface area (Å²) in [4.78, 5) is 7.29. The van der Waals surface area contributed by atoms with Gasteiger partial charge in [-0.1, -0.05) is 26.3 Å². The van der Waals surface area contributed by atoms with E-state index < -0.39 is 0 Å². The Morgan fingerprint density at radius 2 is 2.15 bits per heavy atom. The molecule has 0 aromatic carbocycles. The van der Waals surface area contributed by atoms with Gasteiger partial charge in [0.2, 0.25) is 0 Å². The predicted molar refractivity (Wildman–Crippen MR) is 85.9 cm³/mol. The molecule has 2 rings (SSSR count). The molecule has 0 radical (unpaired) electrons. The lowest BCUT2D eigenvalue weighted by molar-refractivity contribution is 0.269. The first-order valence-corrected chi connectivity index (χ1v) is 8.24. The van der Waals surface area contributed by atoms with E-state index in [0.29, 0.717) is 0 Å². The van der Waals surface area contributed by atoms with E-state index in [4.69, 9.17) is 4.98 Å². The summed E-state index contributed by atoms with van der Waals surface area (Å²) in [6, 6.07) is 6.33. The van der Waals surface area contributed by atoms with E-state index in [1.165, 1.54) is 44.5 Å². The molecule has 1 saturated heterocycles. The predicted octanol–water partition coefficient (Wildman–Crippen LogP) is 3.92. The molecule has 1 atom stereocenters. The second-order valence-electron chi connectivity index (χ2n) is 5.92. The first-order valence-electron chi connectivity index (χ1n) is 8.24. The van der Waals surface area contributed by atoms with Crippen molar-refractivity contribution >= 4 is 5.82 Å². The van der Waals surface area contributed by atoms with Gasteiger partial charge in [0.25, 0.3) is 0 Å². The molecule has 0 aliphatic carbocycles. The summed E-state index contributed by atoms with van der Waals surface area (Å²) in [6.07, 6.45) is 6.56. The van der Waals surface area contributed by atoms with Crippen LogP contribution in [0.25, 0.3) is 0 Å². The van der Waals surface area contributed by atoms with Crippen molar-refractivity contribution < 1.29 is 0 Å². The maximum Gasteiger partial charge on any atom is 0.126 e. The van der Waals surface area contributed by atoms with E-state index in [0.717, 1.165) is 31.2 Å². The van der Waals surface area contributed by atoms with Gasteiger partial charge in [0, 0.05) is 13.1 Å². The lowest BCUT2D eigenvalue weighted by Gasteiger charge is -2.20. The van der Waals surface area contributed by atoms with Crippen molar-refractivity contribution in [3.8, 4) is 0 Å². The van der Waals surface area contributed by atoms with E-state index in [1.807, 2.05) is 0 Å². The molecule has 112 valence electrons. The number of hydrogen-bond donors (Lipinski definition) is 1. The zero-order valence-corrected chi connectivity index (χ0v) is 13.1. The van der Waals surface area contributed by atoms with Crippen molar-refractivity contribution in [1.29, 1.82) is 0 Å². The van der Waals surface area contributed by atoms with Gasteiger partial charge < -0.3 is 5.32 Å². The third kappa shape index (κ3) is 4.78. The first-order chi connectivity index (χ1) is 9.81. The normalized spacial score (nSPS) is 20.6. The summed E-state index contributed by atoms with van der Waals surface area (Å²) in [5.74, 6) is 1.95. The molecule has 0 spiro atoms. The molecule has 1 N–H and O–H groups in total. The fraction of sp³-hybridized carbons (Fsp3) is 0.706. The fourth-order valence-corrected chi connectivity index (χ4v) is 2.94. The highest BCUT2D eigenvalue weighted by molar-refractivity contribution is 5.35. The van der Waals surface area contributed by atoms with Gasteiger partial charge in [-0.15, -0.1) is 0 Å². The number of anilines is 1. The minimum Gasteiger partial charge on any atom is -0.370 e. The second kappa shape index (κ2) is 8.25. The lowest BCUT2D eigenvalue weighted by atomic mass is 9.98. The molecule has 0 bridgehead atoms. The molecule has 0 amide bonds. The Morgan fingerprint density at radius 1 is 1.25 bits per heavy atom. The van der Waals surface area contributed by atoms with Gasteiger partial charge in [-0.05, 0) is 56.8 Å². The van der Waals surface area contributed by atoms with E-state index in [1.54, 1.807) is 0 Å². The molecule has 1 aliphatic rings. The van der Waals surface area contributed by atoms with Crippen molar-refractivity contribution in [1.82, 2.24) is 9.88 Å². The molecule has 1 fully saturated rings. The summed E-state index contributed by atoms with van der Waals surface area (Å²) in [6.45, 7) is 8.96. The van der Waals surface area contributed by atoms with Gasteiger partial charge in [-0.3, -0.25) is 4.90 Å². The monoisotopic (exact) mass is 275 g/mol. The van der Waals surface area contributed by atoms with Gasteiger partial charge >= 0.3 is 0 Å². The molecule has 1 aromatic rings. The average molecular weight is 275 g/mol. The van der Waals surface area contributed by atoms with Crippen LogP contribution in [0.15, 0.2) is 18.2 Å². The SMILES string of the molecule is CCCNc1cccc(CN2CCCC(CC)CC2)n1. The highest BCUT2D eigenvalue weighted by atomic mass is 15.1. The molecule has 3 heteroatoms. The van der Waals surface area contributed by atoms with E-state index in [9.17, 15) is 0 Å². The van der Waals surface area contributed by atoms with Crippen molar-refractivity contribution in [2.24, 2.45) is 5.92 Å². The Hall–Kier alpha value is -1.09. The molecule has 1 aromatic heterocycles. The topological polar surface area (TPSA) is 28.2 Å². The zero-order valence-electron chi connectivity index (χ0n) is 13.1. The van der Waals surface area contributed by atoms with Gasteiger partial charge in [-0.2, -0.15) is 0 Å². The first kappa shape index (κ1) is 15.3. The van der Waals surface area contributed by atoms with Crippen molar-refractivity contribution in [2.75, 3.05) is 25.0 Å². The number of rotatable bonds is 6. The second-order valence-corrected chi connectivity index (χ2v) is 5.92. The quantitative estimate of drug-likeness (QED) is 0.853. The maximum absolute atomic E-state index is 4.72. The van der Waals surface area contributed by atoms with Crippen LogP contribution < -0.4 is 5.32 Å². The Kier molecular flexibility index (Phi) is 6.31. The van der Waals surface area contributed by atoms with Crippen molar-refractivity contribution in [3.05, 3.63) is 23.9 Å². The van der Waals surface area contributed by atoms with Gasteiger partial charge in [0.15, 0.2) is 0 Å². The minimum absolute atomic E-state index is 0.936. The number of hydrogen-bond acceptors (Lipinski definition) is 3. The summed E-state index contributed by atoms with van der Waals surface area (Å²) >= 11 is 0. The Balaban J connectivity index is 1.88. The highest BCUT2D eigenvalue weighted by Gasteiger charge is 2.16. The van der Waals surface area contributed by atoms with E-state index >= 15 is 0 Å². The molecule has 1 unspecified atom stereocenters.